The lowest BCUT2D eigenvalue weighted by molar-refractivity contribution is 0.275. The molecule has 74 valence electrons. The molecule has 0 heterocycles. The summed E-state index contributed by atoms with van der Waals surface area (Å²) in [5, 5.41) is 0. The normalized spacial score (nSPS) is 9.92. The Morgan fingerprint density at radius 1 is 1.17 bits per heavy atom. The molecule has 12 heavy (non-hydrogen) atoms. The summed E-state index contributed by atoms with van der Waals surface area (Å²) in [6, 6.07) is 0. The monoisotopic (exact) mass is 196 g/mol. The zero-order valence-electron chi connectivity index (χ0n) is 7.90. The van der Waals surface area contributed by atoms with Crippen molar-refractivity contribution in [3.63, 3.8) is 0 Å². The summed E-state index contributed by atoms with van der Waals surface area (Å²) < 4.78 is 8.88. The van der Waals surface area contributed by atoms with E-state index in [1.807, 2.05) is 0 Å². The lowest BCUT2D eigenvalue weighted by Gasteiger charge is -1.94. The Morgan fingerprint density at radius 2 is 1.42 bits per heavy atom. The Hall–Kier alpha value is -0.150. The summed E-state index contributed by atoms with van der Waals surface area (Å²) in [5.41, 5.74) is 2.97. The first kappa shape index (κ1) is 14.4. The number of hydrogen-bond acceptors (Lipinski definition) is 1. The fourth-order valence-electron chi connectivity index (χ4n) is 0.354. The Bertz CT molecular complexity index is 179. The SMILES string of the molecule is CCC(C)=C(C)C.O=P(O)(O)O. The van der Waals surface area contributed by atoms with Gasteiger partial charge < -0.3 is 14.7 Å². The van der Waals surface area contributed by atoms with E-state index in [-0.39, 0.29) is 0 Å². The topological polar surface area (TPSA) is 77.8 Å². The van der Waals surface area contributed by atoms with Crippen LogP contribution in [0.3, 0.4) is 0 Å². The molecule has 0 spiro atoms. The Labute approximate surface area is 73.2 Å². The molecule has 0 aliphatic rings. The smallest absolute Gasteiger partial charge is 0.303 e. The van der Waals surface area contributed by atoms with E-state index in [1.165, 1.54) is 17.6 Å². The molecule has 4 nitrogen and oxygen atoms in total. The van der Waals surface area contributed by atoms with Crippen molar-refractivity contribution >= 4 is 7.82 Å². The average Bonchev–Trinajstić information content (AvgIpc) is 1.82. The van der Waals surface area contributed by atoms with Gasteiger partial charge in [-0.2, -0.15) is 0 Å². The molecule has 0 saturated carbocycles. The van der Waals surface area contributed by atoms with E-state index in [0.29, 0.717) is 0 Å². The van der Waals surface area contributed by atoms with Gasteiger partial charge in [0.25, 0.3) is 0 Å². The van der Waals surface area contributed by atoms with Crippen molar-refractivity contribution in [1.82, 2.24) is 0 Å². The average molecular weight is 196 g/mol. The second-order valence-corrected chi connectivity index (χ2v) is 3.67. The van der Waals surface area contributed by atoms with E-state index in [9.17, 15) is 0 Å². The van der Waals surface area contributed by atoms with Gasteiger partial charge in [-0.05, 0) is 27.2 Å². The van der Waals surface area contributed by atoms with Gasteiger partial charge in [0.1, 0.15) is 0 Å². The van der Waals surface area contributed by atoms with Crippen LogP contribution in [0.1, 0.15) is 34.1 Å². The van der Waals surface area contributed by atoms with Crippen molar-refractivity contribution in [3.05, 3.63) is 11.1 Å². The van der Waals surface area contributed by atoms with Crippen LogP contribution in [0.4, 0.5) is 0 Å². The molecule has 0 atom stereocenters. The Kier molecular flexibility index (Phi) is 7.64. The van der Waals surface area contributed by atoms with Gasteiger partial charge in [-0.15, -0.1) is 0 Å². The predicted molar refractivity (Wildman–Crippen MR) is 48.6 cm³/mol. The number of allylic oxidation sites excluding steroid dienone is 2. The minimum absolute atomic E-state index is 1.20. The van der Waals surface area contributed by atoms with Crippen LogP contribution in [0.15, 0.2) is 11.1 Å². The molecule has 0 aromatic carbocycles. The molecule has 0 fully saturated rings. The van der Waals surface area contributed by atoms with Gasteiger partial charge in [0.05, 0.1) is 0 Å². The second-order valence-electron chi connectivity index (χ2n) is 2.65. The summed E-state index contributed by atoms with van der Waals surface area (Å²) in [7, 11) is -4.64. The Balaban J connectivity index is 0. The number of rotatable bonds is 1. The summed E-state index contributed by atoms with van der Waals surface area (Å²) in [6.07, 6.45) is 1.20. The first-order valence-corrected chi connectivity index (χ1v) is 5.16. The summed E-state index contributed by atoms with van der Waals surface area (Å²) in [4.78, 5) is 21.6. The fourth-order valence-corrected chi connectivity index (χ4v) is 0.354. The first-order valence-electron chi connectivity index (χ1n) is 3.59. The predicted octanol–water partition coefficient (Wildman–Crippen LogP) is 1.82. The van der Waals surface area contributed by atoms with Crippen LogP contribution in [0, 0.1) is 0 Å². The quantitative estimate of drug-likeness (QED) is 0.441. The molecule has 0 saturated heterocycles. The van der Waals surface area contributed by atoms with Gasteiger partial charge >= 0.3 is 7.82 Å². The minimum Gasteiger partial charge on any atom is -0.303 e. The molecular weight excluding hydrogens is 179 g/mol. The molecule has 0 aromatic rings. The van der Waals surface area contributed by atoms with Crippen molar-refractivity contribution in [3.8, 4) is 0 Å². The van der Waals surface area contributed by atoms with Crippen molar-refractivity contribution in [2.45, 2.75) is 34.1 Å². The maximum atomic E-state index is 8.88. The third-order valence-electron chi connectivity index (χ3n) is 1.38. The zero-order chi connectivity index (χ0) is 10.4. The van der Waals surface area contributed by atoms with E-state index >= 15 is 0 Å². The van der Waals surface area contributed by atoms with E-state index in [0.717, 1.165) is 0 Å². The molecule has 0 radical (unpaired) electrons. The highest BCUT2D eigenvalue weighted by Gasteiger charge is 2.00. The largest absolute Gasteiger partial charge is 0.466 e. The fraction of sp³-hybridized carbons (Fsp3) is 0.714. The molecule has 0 aliphatic carbocycles. The Morgan fingerprint density at radius 3 is 1.42 bits per heavy atom. The molecule has 0 bridgehead atoms. The van der Waals surface area contributed by atoms with Crippen LogP contribution in [-0.4, -0.2) is 14.7 Å². The van der Waals surface area contributed by atoms with Gasteiger partial charge in [0, 0.05) is 0 Å². The molecule has 0 aliphatic heterocycles. The maximum absolute atomic E-state index is 8.88. The van der Waals surface area contributed by atoms with Gasteiger partial charge in [-0.25, -0.2) is 4.57 Å². The summed E-state index contributed by atoms with van der Waals surface area (Å²) >= 11 is 0. The third kappa shape index (κ3) is 22.5. The second kappa shape index (κ2) is 6.38. The van der Waals surface area contributed by atoms with E-state index in [1.54, 1.807) is 0 Å². The minimum atomic E-state index is -4.64. The highest BCUT2D eigenvalue weighted by Crippen LogP contribution is 2.25. The lowest BCUT2D eigenvalue weighted by atomic mass is 10.1. The van der Waals surface area contributed by atoms with Crippen molar-refractivity contribution in [2.75, 3.05) is 0 Å². The van der Waals surface area contributed by atoms with Crippen LogP contribution in [0.5, 0.6) is 0 Å². The highest BCUT2D eigenvalue weighted by molar-refractivity contribution is 7.45. The molecule has 0 unspecified atom stereocenters. The first-order chi connectivity index (χ1) is 5.18. The van der Waals surface area contributed by atoms with Gasteiger partial charge in [-0.3, -0.25) is 0 Å². The van der Waals surface area contributed by atoms with Gasteiger partial charge in [-0.1, -0.05) is 18.1 Å². The summed E-state index contributed by atoms with van der Waals surface area (Å²) in [6.45, 7) is 8.66. The van der Waals surface area contributed by atoms with Crippen LogP contribution in [0.25, 0.3) is 0 Å². The standard InChI is InChI=1S/C7H14.H3O4P/c1-5-7(4)6(2)3;1-5(2,3)4/h5H2,1-4H3;(H3,1,2,3,4). The van der Waals surface area contributed by atoms with Gasteiger partial charge in [0.15, 0.2) is 0 Å². The number of phosphoric acid groups is 1. The van der Waals surface area contributed by atoms with Crippen molar-refractivity contribution < 1.29 is 19.2 Å². The molecule has 5 heteroatoms. The van der Waals surface area contributed by atoms with Crippen molar-refractivity contribution in [1.29, 1.82) is 0 Å². The zero-order valence-corrected chi connectivity index (χ0v) is 8.80. The molecule has 3 N–H and O–H groups in total. The molecule has 0 aromatic heterocycles. The van der Waals surface area contributed by atoms with E-state index in [2.05, 4.69) is 27.7 Å². The molecule has 0 amide bonds. The van der Waals surface area contributed by atoms with Crippen LogP contribution in [-0.2, 0) is 4.57 Å². The van der Waals surface area contributed by atoms with Crippen LogP contribution < -0.4 is 0 Å². The highest BCUT2D eigenvalue weighted by atomic mass is 31.2. The molecule has 0 rings (SSSR count). The van der Waals surface area contributed by atoms with Crippen LogP contribution in [0.2, 0.25) is 0 Å². The number of hydrogen-bond donors (Lipinski definition) is 3. The molecular formula is C7H17O4P. The van der Waals surface area contributed by atoms with Crippen LogP contribution >= 0.6 is 7.82 Å². The third-order valence-corrected chi connectivity index (χ3v) is 1.38. The lowest BCUT2D eigenvalue weighted by Crippen LogP contribution is -1.73. The van der Waals surface area contributed by atoms with E-state index in [4.69, 9.17) is 19.2 Å². The maximum Gasteiger partial charge on any atom is 0.466 e. The van der Waals surface area contributed by atoms with Gasteiger partial charge in [0.2, 0.25) is 0 Å². The van der Waals surface area contributed by atoms with Crippen molar-refractivity contribution in [2.24, 2.45) is 0 Å². The van der Waals surface area contributed by atoms with E-state index < -0.39 is 7.82 Å². The summed E-state index contributed by atoms with van der Waals surface area (Å²) in [5.74, 6) is 0.